The van der Waals surface area contributed by atoms with Gasteiger partial charge in [0.2, 0.25) is 0 Å². The van der Waals surface area contributed by atoms with Gasteiger partial charge in [-0.15, -0.1) is 11.8 Å². The second kappa shape index (κ2) is 11.4. The maximum absolute atomic E-state index is 6.06. The summed E-state index contributed by atoms with van der Waals surface area (Å²) in [4.78, 5) is 1.27. The van der Waals surface area contributed by atoms with Crippen LogP contribution in [0.1, 0.15) is 52.9 Å². The highest BCUT2D eigenvalue weighted by Gasteiger charge is 2.14. The Morgan fingerprint density at radius 3 is 2.67 bits per heavy atom. The number of hydrogen-bond donors (Lipinski definition) is 1. The number of thioether (sulfide) groups is 1. The van der Waals surface area contributed by atoms with Crippen molar-refractivity contribution in [3.63, 3.8) is 0 Å². The van der Waals surface area contributed by atoms with Gasteiger partial charge in [-0.2, -0.15) is 0 Å². The molecule has 0 bridgehead atoms. The van der Waals surface area contributed by atoms with E-state index in [0.29, 0.717) is 6.04 Å². The van der Waals surface area contributed by atoms with Crippen LogP contribution in [0, 0.1) is 5.92 Å². The predicted molar refractivity (Wildman–Crippen MR) is 97.6 cm³/mol. The molecule has 2 atom stereocenters. The highest BCUT2D eigenvalue weighted by molar-refractivity contribution is 7.99. The van der Waals surface area contributed by atoms with Crippen LogP contribution in [0.25, 0.3) is 0 Å². The molecule has 0 radical (unpaired) electrons. The summed E-state index contributed by atoms with van der Waals surface area (Å²) in [7, 11) is 0. The molecule has 0 saturated heterocycles. The number of nitrogens with one attached hydrogen (secondary N) is 1. The second-order valence-electron chi connectivity index (χ2n) is 5.68. The summed E-state index contributed by atoms with van der Waals surface area (Å²) >= 11 is 7.97. The lowest BCUT2D eigenvalue weighted by Crippen LogP contribution is -2.33. The summed E-state index contributed by atoms with van der Waals surface area (Å²) in [5, 5.41) is 4.48. The molecule has 0 heterocycles. The Morgan fingerprint density at radius 2 is 2.05 bits per heavy atom. The molecule has 1 aromatic rings. The zero-order valence-corrected chi connectivity index (χ0v) is 15.3. The Morgan fingerprint density at radius 1 is 1.24 bits per heavy atom. The lowest BCUT2D eigenvalue weighted by Gasteiger charge is -2.23. The van der Waals surface area contributed by atoms with Crippen molar-refractivity contribution < 1.29 is 0 Å². The summed E-state index contributed by atoms with van der Waals surface area (Å²) in [5.74, 6) is 1.98. The predicted octanol–water partition coefficient (Wildman–Crippen LogP) is 6.02. The fourth-order valence-electron chi connectivity index (χ4n) is 2.64. The molecule has 0 amide bonds. The van der Waals surface area contributed by atoms with Gasteiger partial charge in [0.25, 0.3) is 0 Å². The molecule has 0 aliphatic carbocycles. The van der Waals surface area contributed by atoms with Gasteiger partial charge in [0.15, 0.2) is 0 Å². The number of halogens is 1. The molecule has 1 rings (SSSR count). The van der Waals surface area contributed by atoms with E-state index in [1.165, 1.54) is 37.0 Å². The van der Waals surface area contributed by atoms with Crippen LogP contribution in [0.3, 0.4) is 0 Å². The smallest absolute Gasteiger partial charge is 0.0417 e. The van der Waals surface area contributed by atoms with Gasteiger partial charge in [-0.1, -0.05) is 64.1 Å². The van der Waals surface area contributed by atoms with Crippen molar-refractivity contribution in [3.05, 3.63) is 29.3 Å². The molecule has 1 aromatic carbocycles. The molecule has 1 nitrogen and oxygen atoms in total. The third kappa shape index (κ3) is 8.13. The van der Waals surface area contributed by atoms with Crippen LogP contribution in [0.5, 0.6) is 0 Å². The molecule has 3 heteroatoms. The summed E-state index contributed by atoms with van der Waals surface area (Å²) in [6.45, 7) is 7.85. The first-order chi connectivity index (χ1) is 10.2. The third-order valence-corrected chi connectivity index (χ3v) is 5.29. The quantitative estimate of drug-likeness (QED) is 0.499. The van der Waals surface area contributed by atoms with Gasteiger partial charge in [-0.05, 0) is 37.1 Å². The van der Waals surface area contributed by atoms with Crippen molar-refractivity contribution in [2.45, 2.75) is 63.8 Å². The Bertz CT molecular complexity index is 383. The van der Waals surface area contributed by atoms with Crippen molar-refractivity contribution in [1.82, 2.24) is 5.32 Å². The van der Waals surface area contributed by atoms with E-state index in [1.807, 2.05) is 23.9 Å². The van der Waals surface area contributed by atoms with Crippen molar-refractivity contribution in [2.24, 2.45) is 5.92 Å². The normalized spacial score (nSPS) is 14.1. The van der Waals surface area contributed by atoms with E-state index in [-0.39, 0.29) is 0 Å². The van der Waals surface area contributed by atoms with Crippen LogP contribution in [0.2, 0.25) is 5.02 Å². The fourth-order valence-corrected chi connectivity index (χ4v) is 3.92. The molecular formula is C18H30ClNS. The second-order valence-corrected chi connectivity index (χ2v) is 7.21. The molecule has 0 aliphatic heterocycles. The summed E-state index contributed by atoms with van der Waals surface area (Å²) in [6, 6.07) is 8.77. The minimum atomic E-state index is 0.598. The van der Waals surface area contributed by atoms with E-state index >= 15 is 0 Å². The Hall–Kier alpha value is -0.180. The zero-order chi connectivity index (χ0) is 15.5. The Balaban J connectivity index is 2.48. The minimum absolute atomic E-state index is 0.598. The maximum atomic E-state index is 6.06. The van der Waals surface area contributed by atoms with Crippen molar-refractivity contribution >= 4 is 23.4 Å². The van der Waals surface area contributed by atoms with Gasteiger partial charge in [0.1, 0.15) is 0 Å². The number of rotatable bonds is 11. The maximum Gasteiger partial charge on any atom is 0.0417 e. The molecule has 0 aromatic heterocycles. The van der Waals surface area contributed by atoms with Crippen LogP contribution in [0.15, 0.2) is 29.2 Å². The van der Waals surface area contributed by atoms with Crippen LogP contribution >= 0.6 is 23.4 Å². The van der Waals surface area contributed by atoms with Crippen LogP contribution < -0.4 is 5.32 Å². The Kier molecular flexibility index (Phi) is 10.2. The Labute approximate surface area is 140 Å². The first kappa shape index (κ1) is 18.9. The largest absolute Gasteiger partial charge is 0.313 e. The van der Waals surface area contributed by atoms with E-state index in [0.717, 1.165) is 23.2 Å². The molecule has 0 spiro atoms. The van der Waals surface area contributed by atoms with E-state index in [4.69, 9.17) is 11.6 Å². The minimum Gasteiger partial charge on any atom is -0.313 e. The number of unbranched alkanes of at least 4 members (excludes halogenated alkanes) is 1. The van der Waals surface area contributed by atoms with Crippen LogP contribution in [-0.4, -0.2) is 18.3 Å². The number of hydrogen-bond acceptors (Lipinski definition) is 2. The van der Waals surface area contributed by atoms with E-state index < -0.39 is 0 Å². The molecule has 21 heavy (non-hydrogen) atoms. The van der Waals surface area contributed by atoms with Gasteiger partial charge in [0.05, 0.1) is 0 Å². The first-order valence-electron chi connectivity index (χ1n) is 8.31. The van der Waals surface area contributed by atoms with E-state index in [9.17, 15) is 0 Å². The highest BCUT2D eigenvalue weighted by atomic mass is 35.5. The molecule has 120 valence electrons. The molecule has 0 aliphatic rings. The average molecular weight is 328 g/mol. The van der Waals surface area contributed by atoms with Crippen molar-refractivity contribution in [3.8, 4) is 0 Å². The van der Waals surface area contributed by atoms with Crippen molar-refractivity contribution in [1.29, 1.82) is 0 Å². The molecule has 0 saturated carbocycles. The lowest BCUT2D eigenvalue weighted by molar-refractivity contribution is 0.368. The van der Waals surface area contributed by atoms with Crippen LogP contribution in [-0.2, 0) is 0 Å². The molecular weight excluding hydrogens is 298 g/mol. The van der Waals surface area contributed by atoms with Gasteiger partial charge in [-0.3, -0.25) is 0 Å². The van der Waals surface area contributed by atoms with E-state index in [1.54, 1.807) is 0 Å². The van der Waals surface area contributed by atoms with Gasteiger partial charge in [-0.25, -0.2) is 0 Å². The van der Waals surface area contributed by atoms with Crippen LogP contribution in [0.4, 0.5) is 0 Å². The van der Waals surface area contributed by atoms with Gasteiger partial charge < -0.3 is 5.32 Å². The number of benzene rings is 1. The third-order valence-electron chi connectivity index (χ3n) is 3.90. The monoisotopic (exact) mass is 327 g/mol. The zero-order valence-electron chi connectivity index (χ0n) is 13.7. The average Bonchev–Trinajstić information content (AvgIpc) is 2.49. The first-order valence-corrected chi connectivity index (χ1v) is 9.67. The van der Waals surface area contributed by atoms with E-state index in [2.05, 4.69) is 38.2 Å². The standard InChI is InChI=1S/C18H30ClNS/c1-4-7-9-15(5-2)12-17(20-6-3)14-21-18-11-8-10-16(19)13-18/h8,10-11,13,15,17,20H,4-7,9,12,14H2,1-3H3. The molecule has 0 fully saturated rings. The SMILES string of the molecule is CCCCC(CC)CC(CSc1cccc(Cl)c1)NCC. The highest BCUT2D eigenvalue weighted by Crippen LogP contribution is 2.25. The van der Waals surface area contributed by atoms with Gasteiger partial charge in [0, 0.05) is 21.7 Å². The molecule has 2 unspecified atom stereocenters. The molecule has 1 N–H and O–H groups in total. The summed E-state index contributed by atoms with van der Waals surface area (Å²) in [5.41, 5.74) is 0. The topological polar surface area (TPSA) is 12.0 Å². The lowest BCUT2D eigenvalue weighted by atomic mass is 9.92. The summed E-state index contributed by atoms with van der Waals surface area (Å²) in [6.07, 6.45) is 6.62. The van der Waals surface area contributed by atoms with Crippen molar-refractivity contribution in [2.75, 3.05) is 12.3 Å². The summed E-state index contributed by atoms with van der Waals surface area (Å²) < 4.78 is 0. The fraction of sp³-hybridized carbons (Fsp3) is 0.667. The van der Waals surface area contributed by atoms with Gasteiger partial charge >= 0.3 is 0 Å².